The molecule has 8 heteroatoms. The molecule has 1 aromatic rings. The van der Waals surface area contributed by atoms with Gasteiger partial charge in [-0.15, -0.1) is 0 Å². The third kappa shape index (κ3) is 4.96. The molecular weight excluding hydrogens is 265 g/mol. The molecule has 2 amide bonds. The molecule has 0 aliphatic heterocycles. The van der Waals surface area contributed by atoms with Crippen molar-refractivity contribution < 1.29 is 27.6 Å². The van der Waals surface area contributed by atoms with Crippen LogP contribution in [0.1, 0.15) is 5.56 Å². The number of rotatable bonds is 3. The molecule has 0 atom stereocenters. The van der Waals surface area contributed by atoms with E-state index in [0.717, 1.165) is 7.11 Å². The van der Waals surface area contributed by atoms with Crippen LogP contribution in [0.5, 0.6) is 0 Å². The van der Waals surface area contributed by atoms with Crippen molar-refractivity contribution in [3.63, 3.8) is 0 Å². The summed E-state index contributed by atoms with van der Waals surface area (Å²) in [5, 5.41) is 2.09. The van der Waals surface area contributed by atoms with Crippen LogP contribution in [0.4, 0.5) is 18.9 Å². The predicted octanol–water partition coefficient (Wildman–Crippen LogP) is 1.41. The summed E-state index contributed by atoms with van der Waals surface area (Å²) in [4.78, 5) is 26.6. The molecular formula is C11H11F3N2O3. The van der Waals surface area contributed by atoms with E-state index >= 15 is 0 Å². The van der Waals surface area contributed by atoms with Gasteiger partial charge in [-0.25, -0.2) is 5.48 Å². The van der Waals surface area contributed by atoms with Gasteiger partial charge in [0.05, 0.1) is 13.5 Å². The number of alkyl halides is 3. The van der Waals surface area contributed by atoms with E-state index in [1.54, 1.807) is 5.48 Å². The first-order valence-corrected chi connectivity index (χ1v) is 5.12. The van der Waals surface area contributed by atoms with Crippen LogP contribution >= 0.6 is 0 Å². The number of benzene rings is 1. The van der Waals surface area contributed by atoms with E-state index in [1.165, 1.54) is 24.3 Å². The Morgan fingerprint density at radius 2 is 1.84 bits per heavy atom. The normalized spacial score (nSPS) is 10.9. The number of anilines is 1. The number of hydroxylamine groups is 1. The van der Waals surface area contributed by atoms with Crippen LogP contribution in [0, 0.1) is 0 Å². The topological polar surface area (TPSA) is 67.4 Å². The lowest BCUT2D eigenvalue weighted by molar-refractivity contribution is -0.142. The molecule has 0 saturated carbocycles. The molecule has 2 N–H and O–H groups in total. The van der Waals surface area contributed by atoms with Gasteiger partial charge in [0.25, 0.3) is 0 Å². The SMILES string of the molecule is CONC(=O)C(=O)Nc1ccccc1CC(F)(F)F. The molecule has 0 aromatic heterocycles. The highest BCUT2D eigenvalue weighted by molar-refractivity contribution is 6.39. The standard InChI is InChI=1S/C11H11F3N2O3/c1-19-16-10(18)9(17)15-8-5-3-2-4-7(8)6-11(12,13)14/h2-5H,6H2,1H3,(H,15,17)(H,16,18). The zero-order valence-electron chi connectivity index (χ0n) is 9.88. The van der Waals surface area contributed by atoms with E-state index in [4.69, 9.17) is 0 Å². The third-order valence-electron chi connectivity index (χ3n) is 2.06. The summed E-state index contributed by atoms with van der Waals surface area (Å²) in [7, 11) is 1.13. The van der Waals surface area contributed by atoms with Crippen molar-refractivity contribution in [2.45, 2.75) is 12.6 Å². The first kappa shape index (κ1) is 15.0. The lowest BCUT2D eigenvalue weighted by atomic mass is 10.1. The van der Waals surface area contributed by atoms with Crippen molar-refractivity contribution >= 4 is 17.5 Å². The summed E-state index contributed by atoms with van der Waals surface area (Å²) >= 11 is 0. The van der Waals surface area contributed by atoms with Crippen LogP contribution in [0.2, 0.25) is 0 Å². The Morgan fingerprint density at radius 3 is 2.42 bits per heavy atom. The maximum atomic E-state index is 12.3. The lowest BCUT2D eigenvalue weighted by Crippen LogP contribution is -2.34. The average Bonchev–Trinajstić information content (AvgIpc) is 2.30. The van der Waals surface area contributed by atoms with E-state index in [2.05, 4.69) is 10.2 Å². The quantitative estimate of drug-likeness (QED) is 0.648. The van der Waals surface area contributed by atoms with Crippen molar-refractivity contribution in [1.82, 2.24) is 5.48 Å². The summed E-state index contributed by atoms with van der Waals surface area (Å²) in [6.07, 6.45) is -5.61. The second-order valence-electron chi connectivity index (χ2n) is 3.54. The first-order chi connectivity index (χ1) is 8.83. The van der Waals surface area contributed by atoms with Crippen molar-refractivity contribution in [1.29, 1.82) is 0 Å². The summed E-state index contributed by atoms with van der Waals surface area (Å²) in [6, 6.07) is 5.35. The van der Waals surface area contributed by atoms with Crippen molar-refractivity contribution in [3.05, 3.63) is 29.8 Å². The first-order valence-electron chi connectivity index (χ1n) is 5.12. The number of carbonyl (C=O) groups is 2. The largest absolute Gasteiger partial charge is 0.393 e. The maximum Gasteiger partial charge on any atom is 0.393 e. The van der Waals surface area contributed by atoms with Gasteiger partial charge in [0.1, 0.15) is 0 Å². The van der Waals surface area contributed by atoms with Crippen molar-refractivity contribution in [3.8, 4) is 0 Å². The molecule has 0 radical (unpaired) electrons. The molecule has 0 unspecified atom stereocenters. The Bertz CT molecular complexity index is 474. The second kappa shape index (κ2) is 6.19. The predicted molar refractivity (Wildman–Crippen MR) is 60.0 cm³/mol. The van der Waals surface area contributed by atoms with E-state index in [-0.39, 0.29) is 11.3 Å². The molecule has 0 saturated heterocycles. The fraction of sp³-hybridized carbons (Fsp3) is 0.273. The number of hydrogen-bond acceptors (Lipinski definition) is 3. The molecule has 19 heavy (non-hydrogen) atoms. The van der Waals surface area contributed by atoms with Gasteiger partial charge in [-0.2, -0.15) is 13.2 Å². The Kier molecular flexibility index (Phi) is 4.87. The van der Waals surface area contributed by atoms with Gasteiger partial charge < -0.3 is 5.32 Å². The zero-order valence-corrected chi connectivity index (χ0v) is 9.88. The van der Waals surface area contributed by atoms with Gasteiger partial charge in [0.15, 0.2) is 0 Å². The van der Waals surface area contributed by atoms with Gasteiger partial charge in [0, 0.05) is 5.69 Å². The Balaban J connectivity index is 2.84. The highest BCUT2D eigenvalue weighted by atomic mass is 19.4. The Labute approximate surface area is 106 Å². The molecule has 1 rings (SSSR count). The number of nitrogens with one attached hydrogen (secondary N) is 2. The van der Waals surface area contributed by atoms with Gasteiger partial charge in [-0.3, -0.25) is 14.4 Å². The van der Waals surface area contributed by atoms with Crippen LogP contribution in [0.3, 0.4) is 0 Å². The smallest absolute Gasteiger partial charge is 0.317 e. The number of para-hydroxylation sites is 1. The highest BCUT2D eigenvalue weighted by Crippen LogP contribution is 2.25. The molecule has 5 nitrogen and oxygen atoms in total. The van der Waals surface area contributed by atoms with Crippen LogP contribution in [0.15, 0.2) is 24.3 Å². The van der Waals surface area contributed by atoms with E-state index < -0.39 is 24.4 Å². The zero-order chi connectivity index (χ0) is 14.5. The number of carbonyl (C=O) groups excluding carboxylic acids is 2. The van der Waals surface area contributed by atoms with Gasteiger partial charge in [-0.1, -0.05) is 18.2 Å². The molecule has 104 valence electrons. The number of halogens is 3. The third-order valence-corrected chi connectivity index (χ3v) is 2.06. The summed E-state index contributed by atoms with van der Waals surface area (Å²) in [5.74, 6) is -2.22. The Morgan fingerprint density at radius 1 is 1.21 bits per heavy atom. The molecule has 1 aromatic carbocycles. The lowest BCUT2D eigenvalue weighted by Gasteiger charge is -2.12. The van der Waals surface area contributed by atoms with Gasteiger partial charge in [-0.05, 0) is 11.6 Å². The van der Waals surface area contributed by atoms with Crippen LogP contribution < -0.4 is 10.8 Å². The van der Waals surface area contributed by atoms with Gasteiger partial charge >= 0.3 is 18.0 Å². The minimum absolute atomic E-state index is 0.0731. The van der Waals surface area contributed by atoms with Crippen molar-refractivity contribution in [2.24, 2.45) is 0 Å². The fourth-order valence-electron chi connectivity index (χ4n) is 1.33. The molecule has 0 fully saturated rings. The maximum absolute atomic E-state index is 12.3. The minimum atomic E-state index is -4.41. The summed E-state index contributed by atoms with van der Waals surface area (Å²) < 4.78 is 37.0. The van der Waals surface area contributed by atoms with Crippen molar-refractivity contribution in [2.75, 3.05) is 12.4 Å². The monoisotopic (exact) mass is 276 g/mol. The van der Waals surface area contributed by atoms with Crippen LogP contribution in [0.25, 0.3) is 0 Å². The molecule has 0 spiro atoms. The van der Waals surface area contributed by atoms with E-state index in [1.807, 2.05) is 0 Å². The van der Waals surface area contributed by atoms with Gasteiger partial charge in [0.2, 0.25) is 0 Å². The molecule has 0 bridgehead atoms. The minimum Gasteiger partial charge on any atom is -0.317 e. The number of amides is 2. The summed E-state index contributed by atoms with van der Waals surface area (Å²) in [5.41, 5.74) is 1.56. The van der Waals surface area contributed by atoms with Crippen LogP contribution in [-0.2, 0) is 20.8 Å². The molecule has 0 heterocycles. The van der Waals surface area contributed by atoms with E-state index in [9.17, 15) is 22.8 Å². The van der Waals surface area contributed by atoms with Crippen LogP contribution in [-0.4, -0.2) is 25.1 Å². The van der Waals surface area contributed by atoms with E-state index in [0.29, 0.717) is 0 Å². The second-order valence-corrected chi connectivity index (χ2v) is 3.54. The molecule has 0 aliphatic carbocycles. The molecule has 0 aliphatic rings. The Hall–Kier alpha value is -2.09. The fourth-order valence-corrected chi connectivity index (χ4v) is 1.33. The number of hydrogen-bond donors (Lipinski definition) is 2. The highest BCUT2D eigenvalue weighted by Gasteiger charge is 2.29. The average molecular weight is 276 g/mol. The summed E-state index contributed by atoms with van der Waals surface area (Å²) in [6.45, 7) is 0.